The summed E-state index contributed by atoms with van der Waals surface area (Å²) in [6.45, 7) is 9.31. The molecule has 0 spiro atoms. The van der Waals surface area contributed by atoms with Crippen molar-refractivity contribution in [2.24, 2.45) is 11.8 Å². The average molecular weight is 499 g/mol. The summed E-state index contributed by atoms with van der Waals surface area (Å²) in [5.74, 6) is 1.20. The second kappa shape index (κ2) is 11.4. The molecule has 0 radical (unpaired) electrons. The number of carbonyl (C=O) groups is 1. The van der Waals surface area contributed by atoms with Crippen molar-refractivity contribution in [1.29, 1.82) is 0 Å². The first-order chi connectivity index (χ1) is 15.5. The van der Waals surface area contributed by atoms with Crippen molar-refractivity contribution in [1.82, 2.24) is 15.1 Å². The zero-order valence-corrected chi connectivity index (χ0v) is 20.8. The Hall–Kier alpha value is -1.69. The Balaban J connectivity index is 1.20. The van der Waals surface area contributed by atoms with Gasteiger partial charge in [0.2, 0.25) is 5.91 Å². The van der Waals surface area contributed by atoms with Gasteiger partial charge in [0, 0.05) is 30.0 Å². The van der Waals surface area contributed by atoms with E-state index in [-0.39, 0.29) is 11.8 Å². The van der Waals surface area contributed by atoms with E-state index < -0.39 is 0 Å². The van der Waals surface area contributed by atoms with Gasteiger partial charge in [-0.05, 0) is 86.6 Å². The lowest BCUT2D eigenvalue weighted by Crippen LogP contribution is -2.40. The molecule has 32 heavy (non-hydrogen) atoms. The fraction of sp³-hybridized carbons (Fsp3) is 0.519. The van der Waals surface area contributed by atoms with Gasteiger partial charge in [0.15, 0.2) is 0 Å². The molecule has 1 N–H and O–H groups in total. The number of rotatable bonds is 7. The number of likely N-dealkylation sites (tertiary alicyclic amines) is 2. The minimum Gasteiger partial charge on any atom is -0.352 e. The van der Waals surface area contributed by atoms with Crippen LogP contribution in [0.5, 0.6) is 0 Å². The maximum Gasteiger partial charge on any atom is 0.223 e. The highest BCUT2D eigenvalue weighted by atomic mass is 79.9. The van der Waals surface area contributed by atoms with Crippen LogP contribution < -0.4 is 5.32 Å². The third-order valence-electron chi connectivity index (χ3n) is 6.99. The van der Waals surface area contributed by atoms with Gasteiger partial charge in [-0.1, -0.05) is 59.3 Å². The topological polar surface area (TPSA) is 35.6 Å². The summed E-state index contributed by atoms with van der Waals surface area (Å²) >= 11 is 3.55. The van der Waals surface area contributed by atoms with Gasteiger partial charge in [-0.3, -0.25) is 14.6 Å². The van der Waals surface area contributed by atoms with Crippen molar-refractivity contribution in [3.05, 3.63) is 69.7 Å². The van der Waals surface area contributed by atoms with Crippen LogP contribution in [0.25, 0.3) is 0 Å². The molecule has 0 aliphatic carbocycles. The van der Waals surface area contributed by atoms with E-state index in [1.54, 1.807) is 0 Å². The summed E-state index contributed by atoms with van der Waals surface area (Å²) < 4.78 is 1.12. The minimum atomic E-state index is 0.132. The fourth-order valence-electron chi connectivity index (χ4n) is 4.90. The van der Waals surface area contributed by atoms with E-state index in [0.717, 1.165) is 49.4 Å². The molecule has 2 aromatic rings. The van der Waals surface area contributed by atoms with Gasteiger partial charge in [0.05, 0.1) is 0 Å². The Kier molecular flexibility index (Phi) is 8.39. The summed E-state index contributed by atoms with van der Waals surface area (Å²) in [5, 5.41) is 3.20. The molecule has 2 fully saturated rings. The first-order valence-corrected chi connectivity index (χ1v) is 12.9. The molecule has 2 heterocycles. The second-order valence-corrected chi connectivity index (χ2v) is 10.6. The lowest BCUT2D eigenvalue weighted by Gasteiger charge is -2.31. The molecule has 4 rings (SSSR count). The highest BCUT2D eigenvalue weighted by molar-refractivity contribution is 9.10. The largest absolute Gasteiger partial charge is 0.352 e. The molecule has 172 valence electrons. The van der Waals surface area contributed by atoms with Crippen LogP contribution in [0.15, 0.2) is 53.0 Å². The predicted molar refractivity (Wildman–Crippen MR) is 134 cm³/mol. The van der Waals surface area contributed by atoms with Crippen LogP contribution in [-0.4, -0.2) is 41.9 Å². The van der Waals surface area contributed by atoms with Gasteiger partial charge < -0.3 is 5.32 Å². The Morgan fingerprint density at radius 3 is 2.09 bits per heavy atom. The number of halogens is 1. The highest BCUT2D eigenvalue weighted by Gasteiger charge is 2.25. The zero-order valence-electron chi connectivity index (χ0n) is 19.2. The molecule has 2 aliphatic heterocycles. The van der Waals surface area contributed by atoms with E-state index in [4.69, 9.17) is 0 Å². The molecular formula is C27H36BrN3O. The van der Waals surface area contributed by atoms with Crippen molar-refractivity contribution in [3.8, 4) is 0 Å². The molecular weight excluding hydrogens is 462 g/mol. The first-order valence-electron chi connectivity index (χ1n) is 12.1. The maximum atomic E-state index is 12.8. The number of amides is 1. The van der Waals surface area contributed by atoms with Crippen LogP contribution in [0, 0.1) is 11.8 Å². The van der Waals surface area contributed by atoms with Crippen LogP contribution in [0.1, 0.15) is 49.3 Å². The third-order valence-corrected chi connectivity index (χ3v) is 7.49. The Morgan fingerprint density at radius 1 is 0.875 bits per heavy atom. The SMILES string of the molecule is CC1CCN(Cc2cccc(CNC(=O)C3CCN(Cc4cccc(Br)c4)CC3)c2)CC1. The molecule has 1 amide bonds. The van der Waals surface area contributed by atoms with E-state index in [2.05, 4.69) is 86.5 Å². The molecule has 0 bridgehead atoms. The Labute approximate surface area is 201 Å². The monoisotopic (exact) mass is 497 g/mol. The molecule has 0 saturated carbocycles. The standard InChI is InChI=1S/C27H36BrN3O/c1-21-8-12-30(13-9-21)19-23-5-2-4-22(16-23)18-29-27(32)25-10-14-31(15-11-25)20-24-6-3-7-26(28)17-24/h2-7,16-17,21,25H,8-15,18-20H2,1H3,(H,29,32). The van der Waals surface area contributed by atoms with Crippen LogP contribution in [0.4, 0.5) is 0 Å². The number of hydrogen-bond donors (Lipinski definition) is 1. The number of hydrogen-bond acceptors (Lipinski definition) is 3. The van der Waals surface area contributed by atoms with Crippen LogP contribution in [0.2, 0.25) is 0 Å². The van der Waals surface area contributed by atoms with Gasteiger partial charge >= 0.3 is 0 Å². The van der Waals surface area contributed by atoms with Crippen LogP contribution >= 0.6 is 15.9 Å². The summed E-state index contributed by atoms with van der Waals surface area (Å²) in [7, 11) is 0. The predicted octanol–water partition coefficient (Wildman–Crippen LogP) is 5.21. The molecule has 0 aromatic heterocycles. The van der Waals surface area contributed by atoms with Crippen LogP contribution in [-0.2, 0) is 24.4 Å². The molecule has 5 heteroatoms. The van der Waals surface area contributed by atoms with E-state index in [1.165, 1.54) is 42.6 Å². The lowest BCUT2D eigenvalue weighted by molar-refractivity contribution is -0.126. The van der Waals surface area contributed by atoms with Crippen molar-refractivity contribution in [2.45, 2.75) is 52.2 Å². The normalized spacial score (nSPS) is 19.2. The maximum absolute atomic E-state index is 12.8. The molecule has 2 aromatic carbocycles. The van der Waals surface area contributed by atoms with Crippen LogP contribution in [0.3, 0.4) is 0 Å². The first kappa shape index (κ1) is 23.5. The fourth-order valence-corrected chi connectivity index (χ4v) is 5.34. The zero-order chi connectivity index (χ0) is 22.3. The minimum absolute atomic E-state index is 0.132. The number of benzene rings is 2. The molecule has 0 atom stereocenters. The van der Waals surface area contributed by atoms with Gasteiger partial charge in [-0.25, -0.2) is 0 Å². The molecule has 2 aliphatic rings. The van der Waals surface area contributed by atoms with Crippen molar-refractivity contribution in [3.63, 3.8) is 0 Å². The Morgan fingerprint density at radius 2 is 1.44 bits per heavy atom. The van der Waals surface area contributed by atoms with E-state index >= 15 is 0 Å². The van der Waals surface area contributed by atoms with E-state index in [1.807, 2.05) is 0 Å². The molecule has 2 saturated heterocycles. The van der Waals surface area contributed by atoms with Crippen molar-refractivity contribution >= 4 is 21.8 Å². The summed E-state index contributed by atoms with van der Waals surface area (Å²) in [4.78, 5) is 17.8. The third kappa shape index (κ3) is 6.90. The number of nitrogens with zero attached hydrogens (tertiary/aromatic N) is 2. The van der Waals surface area contributed by atoms with E-state index in [0.29, 0.717) is 6.54 Å². The van der Waals surface area contributed by atoms with Gasteiger partial charge in [-0.2, -0.15) is 0 Å². The second-order valence-electron chi connectivity index (χ2n) is 9.68. The van der Waals surface area contributed by atoms with Gasteiger partial charge in [0.1, 0.15) is 0 Å². The summed E-state index contributed by atoms with van der Waals surface area (Å²) in [5.41, 5.74) is 3.88. The smallest absolute Gasteiger partial charge is 0.223 e. The Bertz CT molecular complexity index is 886. The van der Waals surface area contributed by atoms with Crippen molar-refractivity contribution in [2.75, 3.05) is 26.2 Å². The average Bonchev–Trinajstić information content (AvgIpc) is 2.80. The number of nitrogens with one attached hydrogen (secondary N) is 1. The summed E-state index contributed by atoms with van der Waals surface area (Å²) in [6.07, 6.45) is 4.48. The van der Waals surface area contributed by atoms with E-state index in [9.17, 15) is 4.79 Å². The van der Waals surface area contributed by atoms with Gasteiger partial charge in [-0.15, -0.1) is 0 Å². The highest BCUT2D eigenvalue weighted by Crippen LogP contribution is 2.21. The van der Waals surface area contributed by atoms with Gasteiger partial charge in [0.25, 0.3) is 0 Å². The van der Waals surface area contributed by atoms with Crippen molar-refractivity contribution < 1.29 is 4.79 Å². The number of carbonyl (C=O) groups excluding carboxylic acids is 1. The molecule has 4 nitrogen and oxygen atoms in total. The summed E-state index contributed by atoms with van der Waals surface area (Å²) in [6, 6.07) is 17.2. The molecule has 0 unspecified atom stereocenters. The quantitative estimate of drug-likeness (QED) is 0.570. The number of piperidine rings is 2. The lowest BCUT2D eigenvalue weighted by atomic mass is 9.95.